The Morgan fingerprint density at radius 3 is 2.63 bits per heavy atom. The van der Waals surface area contributed by atoms with Gasteiger partial charge in [-0.15, -0.1) is 0 Å². The summed E-state index contributed by atoms with van der Waals surface area (Å²) < 4.78 is 12.8. The summed E-state index contributed by atoms with van der Waals surface area (Å²) in [6.45, 7) is 0.851. The highest BCUT2D eigenvalue weighted by atomic mass is 19.1. The molecule has 1 fully saturated rings. The van der Waals surface area contributed by atoms with Crippen molar-refractivity contribution in [2.24, 2.45) is 0 Å². The van der Waals surface area contributed by atoms with Crippen molar-refractivity contribution in [1.29, 1.82) is 0 Å². The molecule has 102 valence electrons. The van der Waals surface area contributed by atoms with Crippen molar-refractivity contribution >= 4 is 11.7 Å². The molecule has 4 heteroatoms. The number of hydrogen-bond acceptors (Lipinski definition) is 2. The van der Waals surface area contributed by atoms with Gasteiger partial charge >= 0.3 is 0 Å². The molecule has 1 aromatic carbocycles. The smallest absolute Gasteiger partial charge is 0.222 e. The number of amides is 1. The quantitative estimate of drug-likeness (QED) is 0.836. The van der Waals surface area contributed by atoms with Crippen molar-refractivity contribution in [3.63, 3.8) is 0 Å². The molecule has 0 bridgehead atoms. The molecule has 0 atom stereocenters. The molecule has 0 aromatic heterocycles. The lowest BCUT2D eigenvalue weighted by atomic mass is 10.1. The Morgan fingerprint density at radius 1 is 1.16 bits per heavy atom. The Bertz CT molecular complexity index is 456. The topological polar surface area (TPSA) is 37.4 Å². The number of benzene rings is 1. The average molecular weight is 263 g/mol. The predicted octanol–water partition coefficient (Wildman–Crippen LogP) is 2.34. The van der Waals surface area contributed by atoms with Gasteiger partial charge in [-0.1, -0.05) is 18.6 Å². The molecule has 0 aliphatic carbocycles. The van der Waals surface area contributed by atoms with Gasteiger partial charge in [-0.05, 0) is 30.5 Å². The fraction of sp³-hybridized carbons (Fsp3) is 0.467. The van der Waals surface area contributed by atoms with Crippen molar-refractivity contribution in [2.75, 3.05) is 13.1 Å². The molecular weight excluding hydrogens is 245 g/mol. The van der Waals surface area contributed by atoms with E-state index in [-0.39, 0.29) is 30.5 Å². The van der Waals surface area contributed by atoms with Crippen LogP contribution in [0.15, 0.2) is 24.3 Å². The number of rotatable bonds is 4. The van der Waals surface area contributed by atoms with Crippen molar-refractivity contribution < 1.29 is 14.0 Å². The van der Waals surface area contributed by atoms with E-state index in [1.807, 2.05) is 0 Å². The Morgan fingerprint density at radius 2 is 1.89 bits per heavy atom. The number of ketones is 1. The zero-order valence-corrected chi connectivity index (χ0v) is 10.9. The third-order valence-corrected chi connectivity index (χ3v) is 3.35. The van der Waals surface area contributed by atoms with E-state index in [2.05, 4.69) is 0 Å². The van der Waals surface area contributed by atoms with Crippen molar-refractivity contribution in [3.05, 3.63) is 35.6 Å². The number of Topliss-reactive ketones (excluding diaryl/α,β-unsaturated/α-hetero) is 1. The number of likely N-dealkylation sites (tertiary alicyclic amines) is 1. The highest BCUT2D eigenvalue weighted by Gasteiger charge is 2.19. The summed E-state index contributed by atoms with van der Waals surface area (Å²) in [5.41, 5.74) is 0.786. The maximum Gasteiger partial charge on any atom is 0.222 e. The van der Waals surface area contributed by atoms with E-state index < -0.39 is 0 Å². The van der Waals surface area contributed by atoms with Gasteiger partial charge in [-0.3, -0.25) is 9.59 Å². The molecule has 1 aliphatic rings. The Labute approximate surface area is 112 Å². The van der Waals surface area contributed by atoms with Crippen LogP contribution in [0, 0.1) is 5.82 Å². The van der Waals surface area contributed by atoms with E-state index in [0.29, 0.717) is 13.0 Å². The van der Waals surface area contributed by atoms with E-state index in [4.69, 9.17) is 0 Å². The van der Waals surface area contributed by atoms with E-state index in [1.165, 1.54) is 12.1 Å². The lowest BCUT2D eigenvalue weighted by Crippen LogP contribution is -2.35. The largest absolute Gasteiger partial charge is 0.335 e. The van der Waals surface area contributed by atoms with Crippen LogP contribution in [0.5, 0.6) is 0 Å². The van der Waals surface area contributed by atoms with Gasteiger partial charge in [0.2, 0.25) is 5.91 Å². The standard InChI is InChI=1S/C15H18FNO2/c16-13-7-5-12(6-8-13)10-14(18)11-17-9-3-1-2-4-15(17)19/h5-8H,1-4,9-11H2. The first-order chi connectivity index (χ1) is 9.15. The maximum atomic E-state index is 12.8. The SMILES string of the molecule is O=C(Cc1ccc(F)cc1)CN1CCCCCC1=O. The summed E-state index contributed by atoms with van der Waals surface area (Å²) in [5, 5.41) is 0. The van der Waals surface area contributed by atoms with Crippen LogP contribution in [0.4, 0.5) is 4.39 Å². The zero-order chi connectivity index (χ0) is 13.7. The summed E-state index contributed by atoms with van der Waals surface area (Å²) in [7, 11) is 0. The van der Waals surface area contributed by atoms with Crippen LogP contribution >= 0.6 is 0 Å². The van der Waals surface area contributed by atoms with E-state index in [0.717, 1.165) is 24.8 Å². The molecule has 0 N–H and O–H groups in total. The van der Waals surface area contributed by atoms with Crippen molar-refractivity contribution in [3.8, 4) is 0 Å². The van der Waals surface area contributed by atoms with E-state index in [9.17, 15) is 14.0 Å². The van der Waals surface area contributed by atoms with Crippen LogP contribution in [0.3, 0.4) is 0 Å². The summed E-state index contributed by atoms with van der Waals surface area (Å²) in [6, 6.07) is 5.91. The van der Waals surface area contributed by atoms with Gasteiger partial charge in [0.05, 0.1) is 6.54 Å². The number of halogens is 1. The van der Waals surface area contributed by atoms with Gasteiger partial charge in [-0.2, -0.15) is 0 Å². The first kappa shape index (κ1) is 13.7. The maximum absolute atomic E-state index is 12.8. The average Bonchev–Trinajstić information content (AvgIpc) is 2.58. The summed E-state index contributed by atoms with van der Waals surface area (Å²) in [4.78, 5) is 25.4. The molecular formula is C15H18FNO2. The first-order valence-corrected chi connectivity index (χ1v) is 6.69. The van der Waals surface area contributed by atoms with E-state index >= 15 is 0 Å². The number of nitrogens with zero attached hydrogens (tertiary/aromatic N) is 1. The molecule has 0 unspecified atom stereocenters. The third kappa shape index (κ3) is 4.16. The number of carbonyl (C=O) groups is 2. The zero-order valence-electron chi connectivity index (χ0n) is 10.9. The fourth-order valence-corrected chi connectivity index (χ4v) is 2.30. The second-order valence-electron chi connectivity index (χ2n) is 4.97. The van der Waals surface area contributed by atoms with Crippen LogP contribution in [-0.2, 0) is 16.0 Å². The van der Waals surface area contributed by atoms with E-state index in [1.54, 1.807) is 17.0 Å². The second-order valence-corrected chi connectivity index (χ2v) is 4.97. The molecule has 19 heavy (non-hydrogen) atoms. The van der Waals surface area contributed by atoms with Gasteiger partial charge in [0, 0.05) is 19.4 Å². The third-order valence-electron chi connectivity index (χ3n) is 3.35. The molecule has 0 spiro atoms. The number of hydrogen-bond donors (Lipinski definition) is 0. The van der Waals surface area contributed by atoms with Gasteiger partial charge < -0.3 is 4.90 Å². The van der Waals surface area contributed by atoms with Crippen LogP contribution in [0.25, 0.3) is 0 Å². The number of carbonyl (C=O) groups excluding carboxylic acids is 2. The second kappa shape index (κ2) is 6.45. The highest BCUT2D eigenvalue weighted by molar-refractivity contribution is 5.87. The lowest BCUT2D eigenvalue weighted by Gasteiger charge is -2.19. The van der Waals surface area contributed by atoms with Gasteiger partial charge in [-0.25, -0.2) is 4.39 Å². The van der Waals surface area contributed by atoms with Crippen LogP contribution in [-0.4, -0.2) is 29.7 Å². The molecule has 1 heterocycles. The van der Waals surface area contributed by atoms with Gasteiger partial charge in [0.25, 0.3) is 0 Å². The van der Waals surface area contributed by atoms with Crippen LogP contribution in [0.2, 0.25) is 0 Å². The molecule has 3 nitrogen and oxygen atoms in total. The minimum atomic E-state index is -0.307. The summed E-state index contributed by atoms with van der Waals surface area (Å²) >= 11 is 0. The minimum Gasteiger partial charge on any atom is -0.335 e. The predicted molar refractivity (Wildman–Crippen MR) is 70.2 cm³/mol. The molecule has 2 rings (SSSR count). The Hall–Kier alpha value is -1.71. The highest BCUT2D eigenvalue weighted by Crippen LogP contribution is 2.11. The molecule has 1 aliphatic heterocycles. The van der Waals surface area contributed by atoms with Crippen LogP contribution in [0.1, 0.15) is 31.2 Å². The van der Waals surface area contributed by atoms with Crippen molar-refractivity contribution in [1.82, 2.24) is 4.90 Å². The normalized spacial score (nSPS) is 16.3. The van der Waals surface area contributed by atoms with Crippen LogP contribution < -0.4 is 0 Å². The lowest BCUT2D eigenvalue weighted by molar-refractivity contribution is -0.134. The summed E-state index contributed by atoms with van der Waals surface area (Å²) in [5.74, 6) is -0.231. The Balaban J connectivity index is 1.89. The fourth-order valence-electron chi connectivity index (χ4n) is 2.30. The monoisotopic (exact) mass is 263 g/mol. The molecule has 1 saturated heterocycles. The molecule has 1 aromatic rings. The molecule has 0 radical (unpaired) electrons. The summed E-state index contributed by atoms with van der Waals surface area (Å²) in [6.07, 6.45) is 3.74. The molecule has 0 saturated carbocycles. The van der Waals surface area contributed by atoms with Gasteiger partial charge in [0.1, 0.15) is 5.82 Å². The first-order valence-electron chi connectivity index (χ1n) is 6.69. The minimum absolute atomic E-state index is 0.00172. The van der Waals surface area contributed by atoms with Crippen molar-refractivity contribution in [2.45, 2.75) is 32.1 Å². The molecule has 1 amide bonds. The van der Waals surface area contributed by atoms with Gasteiger partial charge in [0.15, 0.2) is 5.78 Å². The Kier molecular flexibility index (Phi) is 4.66.